The van der Waals surface area contributed by atoms with E-state index in [1.54, 1.807) is 0 Å². The number of hydrogen-bond acceptors (Lipinski definition) is 1. The smallest absolute Gasteiger partial charge is 0.144 e. The van der Waals surface area contributed by atoms with E-state index >= 15 is 0 Å². The Labute approximate surface area is 219 Å². The van der Waals surface area contributed by atoms with E-state index in [9.17, 15) is 0 Å². The SMILES string of the molecule is CCC(CCC1CCCC1)C(C=CI)OC(c1ccccc1)(c1ccccc1)c1ccccc1. The van der Waals surface area contributed by atoms with Crippen molar-refractivity contribution < 1.29 is 4.74 Å². The summed E-state index contributed by atoms with van der Waals surface area (Å²) in [5.41, 5.74) is 2.84. The topological polar surface area (TPSA) is 9.23 Å². The van der Waals surface area contributed by atoms with Crippen molar-refractivity contribution in [1.82, 2.24) is 0 Å². The Morgan fingerprint density at radius 3 is 1.71 bits per heavy atom. The lowest BCUT2D eigenvalue weighted by Crippen LogP contribution is -2.39. The summed E-state index contributed by atoms with van der Waals surface area (Å²) in [4.78, 5) is 0. The monoisotopic (exact) mass is 564 g/mol. The molecule has 0 spiro atoms. The molecule has 1 saturated carbocycles. The summed E-state index contributed by atoms with van der Waals surface area (Å²) in [6.45, 7) is 2.33. The zero-order valence-corrected chi connectivity index (χ0v) is 22.4. The molecule has 0 radical (unpaired) electrons. The first kappa shape index (κ1) is 25.2. The molecule has 2 heteroatoms. The molecule has 0 aromatic heterocycles. The molecule has 0 heterocycles. The first-order chi connectivity index (χ1) is 16.8. The normalized spacial score (nSPS) is 16.6. The van der Waals surface area contributed by atoms with Gasteiger partial charge in [-0.3, -0.25) is 0 Å². The number of hydrogen-bond donors (Lipinski definition) is 0. The van der Waals surface area contributed by atoms with Crippen LogP contribution in [0.3, 0.4) is 0 Å². The van der Waals surface area contributed by atoms with E-state index in [0.29, 0.717) is 5.92 Å². The predicted molar refractivity (Wildman–Crippen MR) is 152 cm³/mol. The van der Waals surface area contributed by atoms with Crippen molar-refractivity contribution in [3.63, 3.8) is 0 Å². The predicted octanol–water partition coefficient (Wildman–Crippen LogP) is 9.31. The molecule has 4 rings (SSSR count). The molecule has 0 bridgehead atoms. The van der Waals surface area contributed by atoms with Crippen LogP contribution >= 0.6 is 22.6 Å². The van der Waals surface area contributed by atoms with Gasteiger partial charge in [0.1, 0.15) is 5.60 Å². The molecule has 1 aliphatic carbocycles. The maximum absolute atomic E-state index is 7.41. The summed E-state index contributed by atoms with van der Waals surface area (Å²) >= 11 is 2.35. The molecule has 1 nitrogen and oxygen atoms in total. The van der Waals surface area contributed by atoms with Gasteiger partial charge in [-0.1, -0.05) is 159 Å². The molecule has 2 unspecified atom stereocenters. The van der Waals surface area contributed by atoms with E-state index in [2.05, 4.69) is 131 Å². The van der Waals surface area contributed by atoms with E-state index < -0.39 is 5.60 Å². The third-order valence-electron chi connectivity index (χ3n) is 7.53. The Balaban J connectivity index is 1.78. The summed E-state index contributed by atoms with van der Waals surface area (Å²) in [5, 5.41) is 0. The Kier molecular flexibility index (Phi) is 9.41. The molecule has 1 fully saturated rings. The number of ether oxygens (including phenoxy) is 1. The van der Waals surface area contributed by atoms with Gasteiger partial charge < -0.3 is 4.74 Å². The molecule has 3 aromatic carbocycles. The Bertz CT molecular complexity index is 896. The largest absolute Gasteiger partial charge is 0.353 e. The van der Waals surface area contributed by atoms with Gasteiger partial charge in [-0.05, 0) is 45.1 Å². The van der Waals surface area contributed by atoms with Crippen LogP contribution in [-0.2, 0) is 10.3 Å². The van der Waals surface area contributed by atoms with Gasteiger partial charge in [0.05, 0.1) is 6.10 Å². The van der Waals surface area contributed by atoms with Gasteiger partial charge in [0.15, 0.2) is 0 Å². The maximum atomic E-state index is 7.41. The Morgan fingerprint density at radius 1 is 0.824 bits per heavy atom. The maximum Gasteiger partial charge on any atom is 0.144 e. The summed E-state index contributed by atoms with van der Waals surface area (Å²) < 4.78 is 9.56. The van der Waals surface area contributed by atoms with Crippen molar-refractivity contribution in [2.45, 2.75) is 63.6 Å². The highest BCUT2D eigenvalue weighted by molar-refractivity contribution is 14.1. The highest BCUT2D eigenvalue weighted by Crippen LogP contribution is 2.43. The van der Waals surface area contributed by atoms with Gasteiger partial charge >= 0.3 is 0 Å². The lowest BCUT2D eigenvalue weighted by molar-refractivity contribution is -0.0533. The second-order valence-electron chi connectivity index (χ2n) is 9.58. The second-order valence-corrected chi connectivity index (χ2v) is 10.3. The van der Waals surface area contributed by atoms with Crippen LogP contribution in [0.1, 0.15) is 68.6 Å². The molecule has 3 aromatic rings. The van der Waals surface area contributed by atoms with Crippen molar-refractivity contribution in [3.8, 4) is 0 Å². The summed E-state index contributed by atoms with van der Waals surface area (Å²) in [6, 6.07) is 32.3. The fourth-order valence-corrected chi connectivity index (χ4v) is 6.05. The van der Waals surface area contributed by atoms with Crippen molar-refractivity contribution in [3.05, 3.63) is 118 Å². The molecule has 0 saturated heterocycles. The highest BCUT2D eigenvalue weighted by atomic mass is 127. The van der Waals surface area contributed by atoms with Gasteiger partial charge in [0, 0.05) is 0 Å². The molecule has 178 valence electrons. The van der Waals surface area contributed by atoms with Crippen LogP contribution < -0.4 is 0 Å². The van der Waals surface area contributed by atoms with Crippen molar-refractivity contribution >= 4 is 22.6 Å². The second kappa shape index (κ2) is 12.7. The zero-order valence-electron chi connectivity index (χ0n) is 20.3. The van der Waals surface area contributed by atoms with Gasteiger partial charge in [-0.25, -0.2) is 0 Å². The van der Waals surface area contributed by atoms with Crippen LogP contribution in [0.5, 0.6) is 0 Å². The van der Waals surface area contributed by atoms with Gasteiger partial charge in [0.25, 0.3) is 0 Å². The van der Waals surface area contributed by atoms with Gasteiger partial charge in [-0.2, -0.15) is 0 Å². The van der Waals surface area contributed by atoms with Gasteiger partial charge in [0.2, 0.25) is 0 Å². The molecular weight excluding hydrogens is 527 g/mol. The lowest BCUT2D eigenvalue weighted by atomic mass is 9.79. The summed E-state index contributed by atoms with van der Waals surface area (Å²) in [6.07, 6.45) is 11.6. The first-order valence-corrected chi connectivity index (χ1v) is 14.1. The van der Waals surface area contributed by atoms with E-state index in [0.717, 1.165) is 12.3 Å². The Morgan fingerprint density at radius 2 is 1.29 bits per heavy atom. The average molecular weight is 565 g/mol. The quantitative estimate of drug-likeness (QED) is 0.167. The standard InChI is InChI=1S/C32H37IO/c1-2-27(23-22-26-14-12-13-15-26)31(24-25-33)34-32(28-16-6-3-7-17-28,29-18-8-4-9-19-29)30-20-10-5-11-21-30/h3-11,16-21,24-27,31H,2,12-15,22-23H2,1H3. The minimum atomic E-state index is -0.675. The third-order valence-corrected chi connectivity index (χ3v) is 7.94. The van der Waals surface area contributed by atoms with E-state index in [4.69, 9.17) is 4.74 Å². The van der Waals surface area contributed by atoms with Crippen LogP contribution in [0.15, 0.2) is 101 Å². The van der Waals surface area contributed by atoms with Crippen LogP contribution in [0.4, 0.5) is 0 Å². The lowest BCUT2D eigenvalue weighted by Gasteiger charge is -2.40. The zero-order chi connectivity index (χ0) is 23.6. The number of halogens is 1. The molecular formula is C32H37IO. The molecule has 0 aliphatic heterocycles. The number of rotatable bonds is 11. The number of benzene rings is 3. The van der Waals surface area contributed by atoms with E-state index in [-0.39, 0.29) is 6.10 Å². The summed E-state index contributed by atoms with van der Waals surface area (Å²) in [7, 11) is 0. The fraction of sp³-hybridized carbons (Fsp3) is 0.375. The van der Waals surface area contributed by atoms with Gasteiger partial charge in [-0.15, -0.1) is 0 Å². The average Bonchev–Trinajstić information content (AvgIpc) is 3.43. The molecule has 0 amide bonds. The van der Waals surface area contributed by atoms with Crippen molar-refractivity contribution in [1.29, 1.82) is 0 Å². The fourth-order valence-electron chi connectivity index (χ4n) is 5.64. The molecule has 0 N–H and O–H groups in total. The third kappa shape index (κ3) is 5.83. The van der Waals surface area contributed by atoms with Crippen LogP contribution in [0, 0.1) is 11.8 Å². The van der Waals surface area contributed by atoms with E-state index in [1.165, 1.54) is 55.2 Å². The summed E-state index contributed by atoms with van der Waals surface area (Å²) in [5.74, 6) is 1.39. The Hall–Kier alpha value is -1.91. The van der Waals surface area contributed by atoms with Crippen molar-refractivity contribution in [2.75, 3.05) is 0 Å². The van der Waals surface area contributed by atoms with Crippen LogP contribution in [0.25, 0.3) is 0 Å². The molecule has 1 aliphatic rings. The minimum absolute atomic E-state index is 0.0314. The minimum Gasteiger partial charge on any atom is -0.353 e. The molecule has 34 heavy (non-hydrogen) atoms. The van der Waals surface area contributed by atoms with Crippen molar-refractivity contribution in [2.24, 2.45) is 11.8 Å². The first-order valence-electron chi connectivity index (χ1n) is 12.9. The van der Waals surface area contributed by atoms with E-state index in [1.807, 2.05) is 0 Å². The van der Waals surface area contributed by atoms with Crippen LogP contribution in [0.2, 0.25) is 0 Å². The molecule has 2 atom stereocenters. The highest BCUT2D eigenvalue weighted by Gasteiger charge is 2.40. The van der Waals surface area contributed by atoms with Crippen LogP contribution in [-0.4, -0.2) is 6.10 Å².